The molecule has 0 aliphatic carbocycles. The van der Waals surface area contributed by atoms with E-state index >= 15 is 0 Å². The largest absolute Gasteiger partial charge is 0.501 e. The molecule has 1 aliphatic rings. The highest BCUT2D eigenvalue weighted by Gasteiger charge is 2.29. The number of benzene rings is 1. The van der Waals surface area contributed by atoms with E-state index in [4.69, 9.17) is 14.2 Å². The van der Waals surface area contributed by atoms with Crippen LogP contribution in [-0.2, 0) is 11.2 Å². The Labute approximate surface area is 156 Å². The normalized spacial score (nSPS) is 17.6. The highest BCUT2D eigenvalue weighted by atomic mass is 16.5. The van der Waals surface area contributed by atoms with Crippen molar-refractivity contribution in [1.29, 1.82) is 0 Å². The molecule has 0 radical (unpaired) electrons. The van der Waals surface area contributed by atoms with Gasteiger partial charge < -0.3 is 19.3 Å². The number of allylic oxidation sites excluding steroid dienone is 2. The van der Waals surface area contributed by atoms with Crippen LogP contribution in [0.15, 0.2) is 36.1 Å². The molecule has 0 fully saturated rings. The molecule has 1 aromatic rings. The van der Waals surface area contributed by atoms with Crippen LogP contribution in [0.5, 0.6) is 11.5 Å². The number of hydrogen-bond donors (Lipinski definition) is 1. The van der Waals surface area contributed by atoms with E-state index < -0.39 is 0 Å². The Hall–Kier alpha value is -1.98. The van der Waals surface area contributed by atoms with E-state index in [1.54, 1.807) is 21.3 Å². The average Bonchev–Trinajstić information content (AvgIpc) is 2.65. The van der Waals surface area contributed by atoms with Crippen LogP contribution in [0, 0.1) is 0 Å². The number of rotatable bonds is 9. The number of ether oxygens (including phenoxy) is 3. The summed E-state index contributed by atoms with van der Waals surface area (Å²) < 4.78 is 16.2. The van der Waals surface area contributed by atoms with Gasteiger partial charge in [0.2, 0.25) is 0 Å². The SMILES string of the molecule is C=C(C=C(C)OC)CC1c2cc(OC)c(OC)cc2CCN1CCCO. The van der Waals surface area contributed by atoms with Gasteiger partial charge in [-0.2, -0.15) is 0 Å². The van der Waals surface area contributed by atoms with Gasteiger partial charge >= 0.3 is 0 Å². The molecule has 0 spiro atoms. The van der Waals surface area contributed by atoms with Gasteiger partial charge in [-0.25, -0.2) is 0 Å². The van der Waals surface area contributed by atoms with Crippen molar-refractivity contribution in [3.05, 3.63) is 47.2 Å². The fraction of sp³-hybridized carbons (Fsp3) is 0.524. The van der Waals surface area contributed by atoms with Crippen LogP contribution in [0.2, 0.25) is 0 Å². The topological polar surface area (TPSA) is 51.2 Å². The Morgan fingerprint density at radius 2 is 1.96 bits per heavy atom. The number of hydrogen-bond acceptors (Lipinski definition) is 5. The van der Waals surface area contributed by atoms with Crippen molar-refractivity contribution in [2.45, 2.75) is 32.2 Å². The Morgan fingerprint density at radius 3 is 2.58 bits per heavy atom. The third-order valence-electron chi connectivity index (χ3n) is 4.90. The zero-order valence-corrected chi connectivity index (χ0v) is 16.4. The second kappa shape index (κ2) is 9.64. The zero-order valence-electron chi connectivity index (χ0n) is 16.4. The molecular weight excluding hydrogens is 330 g/mol. The third kappa shape index (κ3) is 4.80. The predicted molar refractivity (Wildman–Crippen MR) is 104 cm³/mol. The van der Waals surface area contributed by atoms with Gasteiger partial charge in [0.25, 0.3) is 0 Å². The molecular formula is C21H31NO4. The number of fused-ring (bicyclic) bond motifs is 1. The molecule has 0 amide bonds. The monoisotopic (exact) mass is 361 g/mol. The summed E-state index contributed by atoms with van der Waals surface area (Å²) in [5.41, 5.74) is 3.55. The molecule has 5 nitrogen and oxygen atoms in total. The molecule has 1 atom stereocenters. The lowest BCUT2D eigenvalue weighted by Gasteiger charge is -2.38. The second-order valence-electron chi connectivity index (χ2n) is 6.61. The molecule has 1 unspecified atom stereocenters. The fourth-order valence-corrected chi connectivity index (χ4v) is 3.51. The molecule has 1 aliphatic heterocycles. The first-order chi connectivity index (χ1) is 12.5. The van der Waals surface area contributed by atoms with Crippen LogP contribution in [0.3, 0.4) is 0 Å². The van der Waals surface area contributed by atoms with E-state index in [0.29, 0.717) is 0 Å². The summed E-state index contributed by atoms with van der Waals surface area (Å²) in [5, 5.41) is 9.25. The van der Waals surface area contributed by atoms with Crippen molar-refractivity contribution in [3.8, 4) is 11.5 Å². The summed E-state index contributed by atoms with van der Waals surface area (Å²) >= 11 is 0. The Balaban J connectivity index is 2.37. The van der Waals surface area contributed by atoms with Gasteiger partial charge in [0.05, 0.1) is 27.1 Å². The predicted octanol–water partition coefficient (Wildman–Crippen LogP) is 3.48. The number of nitrogens with zero attached hydrogens (tertiary/aromatic N) is 1. The lowest BCUT2D eigenvalue weighted by molar-refractivity contribution is 0.163. The minimum atomic E-state index is 0.193. The Kier molecular flexibility index (Phi) is 7.54. The maximum absolute atomic E-state index is 9.25. The van der Waals surface area contributed by atoms with E-state index in [2.05, 4.69) is 23.6 Å². The molecule has 2 rings (SSSR count). The van der Waals surface area contributed by atoms with E-state index in [-0.39, 0.29) is 12.6 Å². The van der Waals surface area contributed by atoms with Crippen LogP contribution in [-0.4, -0.2) is 51.0 Å². The van der Waals surface area contributed by atoms with Gasteiger partial charge in [-0.05, 0) is 61.1 Å². The molecule has 1 N–H and O–H groups in total. The first-order valence-corrected chi connectivity index (χ1v) is 9.03. The summed E-state index contributed by atoms with van der Waals surface area (Å²) in [7, 11) is 4.99. The van der Waals surface area contributed by atoms with Gasteiger partial charge in [0, 0.05) is 25.7 Å². The molecule has 5 heteroatoms. The molecule has 26 heavy (non-hydrogen) atoms. The van der Waals surface area contributed by atoms with Gasteiger partial charge in [-0.1, -0.05) is 6.58 Å². The van der Waals surface area contributed by atoms with Crippen molar-refractivity contribution in [1.82, 2.24) is 4.90 Å². The van der Waals surface area contributed by atoms with Crippen molar-refractivity contribution in [2.75, 3.05) is 41.0 Å². The molecule has 0 saturated heterocycles. The van der Waals surface area contributed by atoms with E-state index in [1.807, 2.05) is 13.0 Å². The highest BCUT2D eigenvalue weighted by molar-refractivity contribution is 5.50. The van der Waals surface area contributed by atoms with Crippen LogP contribution in [0.25, 0.3) is 0 Å². The molecule has 0 bridgehead atoms. The molecule has 0 saturated carbocycles. The standard InChI is InChI=1S/C21H31NO4/c1-15(11-16(2)24-3)12-19-18-14-21(26-5)20(25-4)13-17(18)7-9-22(19)8-6-10-23/h11,13-14,19,23H,1,6-10,12H2,2-5H3. The fourth-order valence-electron chi connectivity index (χ4n) is 3.51. The first-order valence-electron chi connectivity index (χ1n) is 9.03. The lowest BCUT2D eigenvalue weighted by Crippen LogP contribution is -2.36. The maximum atomic E-state index is 9.25. The average molecular weight is 361 g/mol. The van der Waals surface area contributed by atoms with Crippen molar-refractivity contribution in [2.24, 2.45) is 0 Å². The highest BCUT2D eigenvalue weighted by Crippen LogP contribution is 2.40. The molecule has 1 aromatic carbocycles. The molecule has 0 aromatic heterocycles. The third-order valence-corrected chi connectivity index (χ3v) is 4.90. The smallest absolute Gasteiger partial charge is 0.161 e. The maximum Gasteiger partial charge on any atom is 0.161 e. The summed E-state index contributed by atoms with van der Waals surface area (Å²) in [6.07, 6.45) is 4.50. The first kappa shape index (κ1) is 20.3. The van der Waals surface area contributed by atoms with Gasteiger partial charge in [-0.15, -0.1) is 0 Å². The van der Waals surface area contributed by atoms with Crippen LogP contribution < -0.4 is 9.47 Å². The summed E-state index contributed by atoms with van der Waals surface area (Å²) in [4.78, 5) is 2.42. The van der Waals surface area contributed by atoms with E-state index in [0.717, 1.165) is 55.2 Å². The summed E-state index contributed by atoms with van der Waals surface area (Å²) in [5.74, 6) is 2.36. The number of aliphatic hydroxyl groups excluding tert-OH is 1. The van der Waals surface area contributed by atoms with E-state index in [9.17, 15) is 5.11 Å². The minimum Gasteiger partial charge on any atom is -0.501 e. The minimum absolute atomic E-state index is 0.193. The summed E-state index contributed by atoms with van der Waals surface area (Å²) in [6, 6.07) is 4.37. The van der Waals surface area contributed by atoms with Gasteiger partial charge in [-0.3, -0.25) is 4.90 Å². The van der Waals surface area contributed by atoms with Crippen molar-refractivity contribution >= 4 is 0 Å². The van der Waals surface area contributed by atoms with Crippen LogP contribution in [0.1, 0.15) is 36.9 Å². The Bertz CT molecular complexity index is 654. The quantitative estimate of drug-likeness (QED) is 0.539. The molecule has 144 valence electrons. The van der Waals surface area contributed by atoms with E-state index in [1.165, 1.54) is 11.1 Å². The Morgan fingerprint density at radius 1 is 1.27 bits per heavy atom. The van der Waals surface area contributed by atoms with Gasteiger partial charge in [0.1, 0.15) is 0 Å². The van der Waals surface area contributed by atoms with Gasteiger partial charge in [0.15, 0.2) is 11.5 Å². The van der Waals surface area contributed by atoms with Crippen molar-refractivity contribution in [3.63, 3.8) is 0 Å². The number of aliphatic hydroxyl groups is 1. The second-order valence-corrected chi connectivity index (χ2v) is 6.61. The lowest BCUT2D eigenvalue weighted by atomic mass is 9.88. The summed E-state index contributed by atoms with van der Waals surface area (Å²) in [6.45, 7) is 8.15. The zero-order chi connectivity index (χ0) is 19.1. The number of methoxy groups -OCH3 is 3. The van der Waals surface area contributed by atoms with Crippen molar-refractivity contribution < 1.29 is 19.3 Å². The van der Waals surface area contributed by atoms with Crippen LogP contribution in [0.4, 0.5) is 0 Å². The van der Waals surface area contributed by atoms with Crippen LogP contribution >= 0.6 is 0 Å². The molecule has 1 heterocycles.